The number of hydrogen-bond acceptors (Lipinski definition) is 7. The second-order valence-electron chi connectivity index (χ2n) is 7.88. The van der Waals surface area contributed by atoms with E-state index < -0.39 is 0 Å². The van der Waals surface area contributed by atoms with E-state index in [4.69, 9.17) is 14.5 Å². The summed E-state index contributed by atoms with van der Waals surface area (Å²) in [6.45, 7) is 6.43. The molecule has 4 heterocycles. The molecule has 0 aromatic carbocycles. The predicted octanol–water partition coefficient (Wildman–Crippen LogP) is 2.20. The van der Waals surface area contributed by atoms with Crippen molar-refractivity contribution >= 4 is 11.7 Å². The van der Waals surface area contributed by atoms with Gasteiger partial charge in [-0.2, -0.15) is 4.98 Å². The number of fused-ring (bicyclic) bond motifs is 1. The van der Waals surface area contributed by atoms with Crippen molar-refractivity contribution in [3.63, 3.8) is 0 Å². The van der Waals surface area contributed by atoms with Crippen LogP contribution in [0.15, 0.2) is 4.52 Å². The Morgan fingerprint density at radius 3 is 2.64 bits per heavy atom. The van der Waals surface area contributed by atoms with E-state index in [-0.39, 0.29) is 5.91 Å². The van der Waals surface area contributed by atoms with Crippen LogP contribution in [0.3, 0.4) is 0 Å². The topological polar surface area (TPSA) is 88.2 Å². The van der Waals surface area contributed by atoms with Gasteiger partial charge in [-0.3, -0.25) is 4.79 Å². The summed E-state index contributed by atoms with van der Waals surface area (Å²) in [4.78, 5) is 30.6. The fourth-order valence-electron chi connectivity index (χ4n) is 4.19. The quantitative estimate of drug-likeness (QED) is 0.798. The lowest BCUT2D eigenvalue weighted by atomic mass is 9.94. The molecule has 0 unspecified atom stereocenters. The first kappa shape index (κ1) is 18.8. The molecule has 0 N–H and O–H groups in total. The van der Waals surface area contributed by atoms with Crippen molar-refractivity contribution in [1.29, 1.82) is 0 Å². The number of amides is 1. The van der Waals surface area contributed by atoms with Gasteiger partial charge in [0.05, 0.1) is 0 Å². The van der Waals surface area contributed by atoms with Gasteiger partial charge in [0.1, 0.15) is 11.6 Å². The van der Waals surface area contributed by atoms with Crippen LogP contribution in [0.2, 0.25) is 0 Å². The fourth-order valence-corrected chi connectivity index (χ4v) is 4.19. The summed E-state index contributed by atoms with van der Waals surface area (Å²) in [5, 5.41) is 3.77. The minimum Gasteiger partial charge on any atom is -0.359 e. The summed E-state index contributed by atoms with van der Waals surface area (Å²) in [7, 11) is 2.11. The summed E-state index contributed by atoms with van der Waals surface area (Å²) in [5.41, 5.74) is 2.40. The first-order valence-corrected chi connectivity index (χ1v) is 10.2. The number of nitrogens with zero attached hydrogens (tertiary/aromatic N) is 6. The average molecular weight is 384 g/mol. The average Bonchev–Trinajstić information content (AvgIpc) is 3.12. The van der Waals surface area contributed by atoms with Crippen molar-refractivity contribution in [2.45, 2.75) is 58.3 Å². The van der Waals surface area contributed by atoms with Gasteiger partial charge in [-0.15, -0.1) is 0 Å². The molecule has 1 fully saturated rings. The zero-order valence-corrected chi connectivity index (χ0v) is 16.9. The molecule has 2 aromatic rings. The normalized spacial score (nSPS) is 17.7. The van der Waals surface area contributed by atoms with Gasteiger partial charge in [0, 0.05) is 56.7 Å². The third-order valence-electron chi connectivity index (χ3n) is 5.83. The second kappa shape index (κ2) is 7.85. The molecule has 0 atom stereocenters. The Morgan fingerprint density at radius 1 is 1.14 bits per heavy atom. The number of anilines is 1. The minimum absolute atomic E-state index is 0.150. The van der Waals surface area contributed by atoms with Crippen molar-refractivity contribution in [1.82, 2.24) is 25.0 Å². The first-order valence-electron chi connectivity index (χ1n) is 10.2. The maximum Gasteiger partial charge on any atom is 0.227 e. The molecule has 0 saturated carbocycles. The molecule has 8 heteroatoms. The van der Waals surface area contributed by atoms with Gasteiger partial charge >= 0.3 is 0 Å². The predicted molar refractivity (Wildman–Crippen MR) is 104 cm³/mol. The third-order valence-corrected chi connectivity index (χ3v) is 5.83. The van der Waals surface area contributed by atoms with Crippen molar-refractivity contribution in [2.24, 2.45) is 0 Å². The van der Waals surface area contributed by atoms with Crippen LogP contribution in [0.4, 0.5) is 5.82 Å². The number of piperidine rings is 1. The van der Waals surface area contributed by atoms with Crippen molar-refractivity contribution in [3.8, 4) is 0 Å². The van der Waals surface area contributed by atoms with E-state index in [2.05, 4.69) is 29.0 Å². The van der Waals surface area contributed by atoms with E-state index in [1.165, 1.54) is 5.56 Å². The number of likely N-dealkylation sites (tertiary alicyclic amines) is 1. The summed E-state index contributed by atoms with van der Waals surface area (Å²) >= 11 is 0. The highest BCUT2D eigenvalue weighted by Gasteiger charge is 2.28. The van der Waals surface area contributed by atoms with Crippen LogP contribution in [0, 0.1) is 13.8 Å². The molecular formula is C20H28N6O2. The van der Waals surface area contributed by atoms with Gasteiger partial charge in [-0.1, -0.05) is 5.16 Å². The number of aryl methyl sites for hydroxylation is 3. The van der Waals surface area contributed by atoms with E-state index in [0.717, 1.165) is 62.7 Å². The second-order valence-corrected chi connectivity index (χ2v) is 7.88. The van der Waals surface area contributed by atoms with E-state index in [1.807, 2.05) is 4.90 Å². The highest BCUT2D eigenvalue weighted by atomic mass is 16.5. The molecule has 0 spiro atoms. The Hall–Kier alpha value is -2.51. The maximum absolute atomic E-state index is 12.5. The largest absolute Gasteiger partial charge is 0.359 e. The molecule has 28 heavy (non-hydrogen) atoms. The third kappa shape index (κ3) is 3.86. The molecule has 2 aliphatic rings. The summed E-state index contributed by atoms with van der Waals surface area (Å²) < 4.78 is 5.09. The molecule has 0 aliphatic carbocycles. The highest BCUT2D eigenvalue weighted by molar-refractivity contribution is 5.76. The number of aromatic nitrogens is 4. The molecule has 8 nitrogen and oxygen atoms in total. The van der Waals surface area contributed by atoms with E-state index >= 15 is 0 Å². The standard InChI is InChI=1S/C20H28N6O2/c1-13-16-5-4-10-25(3)20(16)23-19(21-13)15-8-11-26(12-9-15)18(27)7-6-17-22-14(2)24-28-17/h15H,4-12H2,1-3H3. The Kier molecular flexibility index (Phi) is 5.28. The summed E-state index contributed by atoms with van der Waals surface area (Å²) in [6, 6.07) is 0. The highest BCUT2D eigenvalue weighted by Crippen LogP contribution is 2.31. The SMILES string of the molecule is Cc1noc(CCC(=O)N2CCC(c3nc(C)c4c(n3)N(C)CCC4)CC2)n1. The Bertz CT molecular complexity index is 856. The minimum atomic E-state index is 0.150. The van der Waals surface area contributed by atoms with E-state index in [0.29, 0.717) is 30.5 Å². The molecule has 2 aromatic heterocycles. The first-order chi connectivity index (χ1) is 13.5. The van der Waals surface area contributed by atoms with Gasteiger partial charge in [-0.25, -0.2) is 9.97 Å². The van der Waals surface area contributed by atoms with Gasteiger partial charge in [-0.05, 0) is 39.5 Å². The number of carbonyl (C=O) groups excluding carboxylic acids is 1. The molecule has 0 bridgehead atoms. The van der Waals surface area contributed by atoms with Crippen LogP contribution in [-0.2, 0) is 17.6 Å². The zero-order valence-electron chi connectivity index (χ0n) is 16.9. The summed E-state index contributed by atoms with van der Waals surface area (Å²) in [6.07, 6.45) is 4.96. The Morgan fingerprint density at radius 2 is 1.93 bits per heavy atom. The molecule has 2 aliphatic heterocycles. The van der Waals surface area contributed by atoms with Gasteiger partial charge in [0.2, 0.25) is 11.8 Å². The lowest BCUT2D eigenvalue weighted by Gasteiger charge is -2.33. The van der Waals surface area contributed by atoms with E-state index in [9.17, 15) is 4.79 Å². The summed E-state index contributed by atoms with van der Waals surface area (Å²) in [5.74, 6) is 3.65. The number of hydrogen-bond donors (Lipinski definition) is 0. The molecule has 1 saturated heterocycles. The van der Waals surface area contributed by atoms with Crippen LogP contribution in [-0.4, -0.2) is 57.6 Å². The van der Waals surface area contributed by atoms with Crippen molar-refractivity contribution in [2.75, 3.05) is 31.6 Å². The van der Waals surface area contributed by atoms with Gasteiger partial charge in [0.25, 0.3) is 0 Å². The van der Waals surface area contributed by atoms with Gasteiger partial charge in [0.15, 0.2) is 5.82 Å². The van der Waals surface area contributed by atoms with Gasteiger partial charge < -0.3 is 14.3 Å². The maximum atomic E-state index is 12.5. The van der Waals surface area contributed by atoms with Crippen LogP contribution >= 0.6 is 0 Å². The molecule has 1 amide bonds. The smallest absolute Gasteiger partial charge is 0.227 e. The van der Waals surface area contributed by atoms with E-state index in [1.54, 1.807) is 6.92 Å². The van der Waals surface area contributed by atoms with Crippen LogP contribution in [0.25, 0.3) is 0 Å². The lowest BCUT2D eigenvalue weighted by molar-refractivity contribution is -0.132. The lowest BCUT2D eigenvalue weighted by Crippen LogP contribution is -2.38. The van der Waals surface area contributed by atoms with Crippen LogP contribution < -0.4 is 4.90 Å². The number of rotatable bonds is 4. The number of carbonyl (C=O) groups is 1. The monoisotopic (exact) mass is 384 g/mol. The zero-order chi connectivity index (χ0) is 19.7. The molecule has 150 valence electrons. The Labute approximate surface area is 165 Å². The molecule has 4 rings (SSSR count). The van der Waals surface area contributed by atoms with Crippen LogP contribution in [0.5, 0.6) is 0 Å². The van der Waals surface area contributed by atoms with Crippen LogP contribution in [0.1, 0.15) is 60.4 Å². The Balaban J connectivity index is 1.35. The fraction of sp³-hybridized carbons (Fsp3) is 0.650. The molecule has 0 radical (unpaired) electrons. The van der Waals surface area contributed by atoms with Crippen molar-refractivity contribution in [3.05, 3.63) is 28.8 Å². The van der Waals surface area contributed by atoms with Crippen molar-refractivity contribution < 1.29 is 9.32 Å². The molecular weight excluding hydrogens is 356 g/mol.